The number of fused-ring (bicyclic) bond motifs is 1. The van der Waals surface area contributed by atoms with Gasteiger partial charge in [0.25, 0.3) is 5.91 Å². The maximum Gasteiger partial charge on any atom is 0.253 e. The molecule has 27 heavy (non-hydrogen) atoms. The molecule has 0 fully saturated rings. The van der Waals surface area contributed by atoms with E-state index in [2.05, 4.69) is 20.9 Å². The van der Waals surface area contributed by atoms with Gasteiger partial charge in [0.2, 0.25) is 0 Å². The Hall–Kier alpha value is -2.92. The van der Waals surface area contributed by atoms with Crippen molar-refractivity contribution in [3.63, 3.8) is 0 Å². The van der Waals surface area contributed by atoms with Gasteiger partial charge in [0.1, 0.15) is 6.33 Å². The fraction of sp³-hybridized carbons (Fsp3) is 0.0909. The van der Waals surface area contributed by atoms with Crippen LogP contribution in [0.3, 0.4) is 0 Å². The summed E-state index contributed by atoms with van der Waals surface area (Å²) in [6.07, 6.45) is 1.81. The number of carbonyl (C=O) groups is 1. The number of para-hydroxylation sites is 2. The van der Waals surface area contributed by atoms with Gasteiger partial charge >= 0.3 is 0 Å². The Balaban J connectivity index is 1.53. The van der Waals surface area contributed by atoms with E-state index in [1.807, 2.05) is 84.4 Å². The van der Waals surface area contributed by atoms with Gasteiger partial charge in [-0.1, -0.05) is 40.2 Å². The second-order valence-corrected chi connectivity index (χ2v) is 7.35. The van der Waals surface area contributed by atoms with Gasteiger partial charge in [-0.3, -0.25) is 9.36 Å². The molecule has 0 radical (unpaired) electrons. The molecule has 0 aliphatic heterocycles. The number of amides is 1. The van der Waals surface area contributed by atoms with Crippen molar-refractivity contribution in [3.8, 4) is 5.69 Å². The van der Waals surface area contributed by atoms with E-state index >= 15 is 0 Å². The molecule has 134 valence electrons. The summed E-state index contributed by atoms with van der Waals surface area (Å²) in [6, 6.07) is 23.6. The minimum atomic E-state index is -0.0000390. The number of hydrogen-bond acceptors (Lipinski definition) is 2. The SMILES string of the molecule is CN(Cc1ccc(Br)cc1)C(=O)c1ccc(-n2cnc3ccccc32)cc1. The lowest BCUT2D eigenvalue weighted by molar-refractivity contribution is 0.0785. The zero-order valence-corrected chi connectivity index (χ0v) is 16.4. The summed E-state index contributed by atoms with van der Waals surface area (Å²) in [5, 5.41) is 0. The van der Waals surface area contributed by atoms with Crippen molar-refractivity contribution in [2.45, 2.75) is 6.54 Å². The van der Waals surface area contributed by atoms with E-state index in [9.17, 15) is 4.79 Å². The molecule has 1 amide bonds. The quantitative estimate of drug-likeness (QED) is 0.463. The highest BCUT2D eigenvalue weighted by molar-refractivity contribution is 9.10. The first-order chi connectivity index (χ1) is 13.1. The van der Waals surface area contributed by atoms with E-state index in [4.69, 9.17) is 0 Å². The van der Waals surface area contributed by atoms with Gasteiger partial charge in [0.05, 0.1) is 11.0 Å². The minimum Gasteiger partial charge on any atom is -0.337 e. The van der Waals surface area contributed by atoms with Gasteiger partial charge in [0, 0.05) is 29.3 Å². The van der Waals surface area contributed by atoms with Crippen LogP contribution < -0.4 is 0 Å². The number of carbonyl (C=O) groups excluding carboxylic acids is 1. The summed E-state index contributed by atoms with van der Waals surface area (Å²) in [6.45, 7) is 0.569. The van der Waals surface area contributed by atoms with Crippen LogP contribution in [-0.4, -0.2) is 27.4 Å². The van der Waals surface area contributed by atoms with Crippen LogP contribution in [0, 0.1) is 0 Å². The molecule has 1 heterocycles. The maximum absolute atomic E-state index is 12.7. The van der Waals surface area contributed by atoms with Gasteiger partial charge in [-0.15, -0.1) is 0 Å². The van der Waals surface area contributed by atoms with Crippen molar-refractivity contribution in [1.29, 1.82) is 0 Å². The zero-order valence-electron chi connectivity index (χ0n) is 14.8. The van der Waals surface area contributed by atoms with Gasteiger partial charge < -0.3 is 4.90 Å². The molecule has 0 saturated heterocycles. The largest absolute Gasteiger partial charge is 0.337 e. The first-order valence-electron chi connectivity index (χ1n) is 8.64. The molecule has 0 aliphatic carbocycles. The Labute approximate surface area is 166 Å². The third-order valence-electron chi connectivity index (χ3n) is 4.53. The van der Waals surface area contributed by atoms with Gasteiger partial charge in [-0.25, -0.2) is 4.98 Å². The Morgan fingerprint density at radius 1 is 1.00 bits per heavy atom. The molecule has 0 bridgehead atoms. The fourth-order valence-corrected chi connectivity index (χ4v) is 3.35. The monoisotopic (exact) mass is 419 g/mol. The van der Waals surface area contributed by atoms with Gasteiger partial charge in [-0.05, 0) is 54.1 Å². The predicted octanol–water partition coefficient (Wildman–Crippen LogP) is 5.06. The lowest BCUT2D eigenvalue weighted by atomic mass is 10.1. The van der Waals surface area contributed by atoms with E-state index in [1.54, 1.807) is 11.2 Å². The topological polar surface area (TPSA) is 38.1 Å². The van der Waals surface area contributed by atoms with Crippen LogP contribution >= 0.6 is 15.9 Å². The number of nitrogens with zero attached hydrogens (tertiary/aromatic N) is 3. The Morgan fingerprint density at radius 3 is 2.44 bits per heavy atom. The first kappa shape index (κ1) is 17.5. The third kappa shape index (κ3) is 3.64. The zero-order chi connectivity index (χ0) is 18.8. The number of imidazole rings is 1. The van der Waals surface area contributed by atoms with Crippen molar-refractivity contribution in [1.82, 2.24) is 14.5 Å². The standard InChI is InChI=1S/C22H18BrN3O/c1-25(14-16-6-10-18(23)11-7-16)22(27)17-8-12-19(13-9-17)26-15-24-20-4-2-3-5-21(20)26/h2-13,15H,14H2,1H3. The van der Waals surface area contributed by atoms with E-state index in [0.29, 0.717) is 12.1 Å². The molecule has 0 saturated carbocycles. The molecule has 1 aromatic heterocycles. The average molecular weight is 420 g/mol. The Morgan fingerprint density at radius 2 is 1.70 bits per heavy atom. The van der Waals surface area contributed by atoms with Crippen LogP contribution in [0.1, 0.15) is 15.9 Å². The summed E-state index contributed by atoms with van der Waals surface area (Å²) >= 11 is 3.43. The molecular formula is C22H18BrN3O. The first-order valence-corrected chi connectivity index (χ1v) is 9.43. The summed E-state index contributed by atoms with van der Waals surface area (Å²) in [5.74, 6) is -0.0000390. The smallest absolute Gasteiger partial charge is 0.253 e. The minimum absolute atomic E-state index is 0.0000390. The molecule has 4 aromatic rings. The maximum atomic E-state index is 12.7. The number of hydrogen-bond donors (Lipinski definition) is 0. The molecule has 0 atom stereocenters. The van der Waals surface area contributed by atoms with E-state index < -0.39 is 0 Å². The van der Waals surface area contributed by atoms with Crippen molar-refractivity contribution in [2.75, 3.05) is 7.05 Å². The molecule has 5 heteroatoms. The van der Waals surface area contributed by atoms with Crippen molar-refractivity contribution in [3.05, 3.63) is 94.7 Å². The molecular weight excluding hydrogens is 402 g/mol. The van der Waals surface area contributed by atoms with Gasteiger partial charge in [-0.2, -0.15) is 0 Å². The van der Waals surface area contributed by atoms with Crippen molar-refractivity contribution in [2.24, 2.45) is 0 Å². The fourth-order valence-electron chi connectivity index (χ4n) is 3.09. The molecule has 4 rings (SSSR count). The molecule has 4 nitrogen and oxygen atoms in total. The van der Waals surface area contributed by atoms with Crippen LogP contribution in [0.15, 0.2) is 83.6 Å². The second kappa shape index (κ2) is 7.37. The van der Waals surface area contributed by atoms with Crippen LogP contribution in [0.4, 0.5) is 0 Å². The van der Waals surface area contributed by atoms with Crippen LogP contribution in [-0.2, 0) is 6.54 Å². The van der Waals surface area contributed by atoms with Gasteiger partial charge in [0.15, 0.2) is 0 Å². The number of halogens is 1. The molecule has 3 aromatic carbocycles. The lowest BCUT2D eigenvalue weighted by Crippen LogP contribution is -2.26. The van der Waals surface area contributed by atoms with E-state index in [1.165, 1.54) is 0 Å². The van der Waals surface area contributed by atoms with Crippen molar-refractivity contribution >= 4 is 32.9 Å². The highest BCUT2D eigenvalue weighted by Gasteiger charge is 2.13. The number of aromatic nitrogens is 2. The van der Waals surface area contributed by atoms with Crippen LogP contribution in [0.2, 0.25) is 0 Å². The second-order valence-electron chi connectivity index (χ2n) is 6.44. The average Bonchev–Trinajstić information content (AvgIpc) is 3.13. The van der Waals surface area contributed by atoms with Crippen LogP contribution in [0.25, 0.3) is 16.7 Å². The van der Waals surface area contributed by atoms with Crippen LogP contribution in [0.5, 0.6) is 0 Å². The lowest BCUT2D eigenvalue weighted by Gasteiger charge is -2.17. The Bertz CT molecular complexity index is 1080. The summed E-state index contributed by atoms with van der Waals surface area (Å²) < 4.78 is 3.05. The van der Waals surface area contributed by atoms with E-state index in [-0.39, 0.29) is 5.91 Å². The molecule has 0 aliphatic rings. The molecule has 0 unspecified atom stereocenters. The highest BCUT2D eigenvalue weighted by Crippen LogP contribution is 2.19. The number of rotatable bonds is 4. The third-order valence-corrected chi connectivity index (χ3v) is 5.05. The molecule has 0 spiro atoms. The summed E-state index contributed by atoms with van der Waals surface area (Å²) in [4.78, 5) is 18.9. The normalized spacial score (nSPS) is 10.9. The highest BCUT2D eigenvalue weighted by atomic mass is 79.9. The van der Waals surface area contributed by atoms with Crippen molar-refractivity contribution < 1.29 is 4.79 Å². The Kier molecular flexibility index (Phi) is 4.77. The number of benzene rings is 3. The summed E-state index contributed by atoms with van der Waals surface area (Å²) in [7, 11) is 1.82. The predicted molar refractivity (Wildman–Crippen MR) is 111 cm³/mol. The molecule has 0 N–H and O–H groups in total. The summed E-state index contributed by atoms with van der Waals surface area (Å²) in [5.41, 5.74) is 4.74. The van der Waals surface area contributed by atoms with E-state index in [0.717, 1.165) is 26.8 Å².